The molecule has 0 heterocycles. The summed E-state index contributed by atoms with van der Waals surface area (Å²) in [5.41, 5.74) is 0. The van der Waals surface area contributed by atoms with Crippen LogP contribution in [0.25, 0.3) is 0 Å². The first-order valence-corrected chi connectivity index (χ1v) is 6.50. The lowest BCUT2D eigenvalue weighted by molar-refractivity contribution is -0.128. The fourth-order valence-corrected chi connectivity index (χ4v) is 2.14. The topological polar surface area (TPSA) is 49.4 Å². The number of Topliss-reactive ketones (excluding diaryl/α,β-unsaturated/α-hetero) is 1. The minimum atomic E-state index is -0.0476. The molecule has 0 aromatic carbocycles. The molecule has 1 N–H and O–H groups in total. The van der Waals surface area contributed by atoms with Gasteiger partial charge in [0, 0.05) is 13.0 Å². The normalized spacial score (nSPS) is 21.0. The van der Waals surface area contributed by atoms with Crippen molar-refractivity contribution < 1.29 is 9.59 Å². The number of carbonyl (C=O) groups excluding carboxylic acids is 2. The lowest BCUT2D eigenvalue weighted by Gasteiger charge is -2.29. The van der Waals surface area contributed by atoms with Gasteiger partial charge in [0.1, 0.15) is 5.78 Å². The lowest BCUT2D eigenvalue weighted by Crippen LogP contribution is -2.45. The van der Waals surface area contributed by atoms with E-state index in [-0.39, 0.29) is 17.7 Å². The Morgan fingerprint density at radius 3 is 2.76 bits per heavy atom. The van der Waals surface area contributed by atoms with E-state index in [0.717, 1.165) is 19.3 Å². The second kappa shape index (κ2) is 6.74. The maximum Gasteiger partial charge on any atom is 0.234 e. The fraction of sp³-hybridized carbons (Fsp3) is 0.846. The Hall–Kier alpha value is -0.900. The number of carbonyl (C=O) groups is 2. The Morgan fingerprint density at radius 2 is 2.18 bits per heavy atom. The average Bonchev–Trinajstić information content (AvgIpc) is 2.26. The predicted octanol–water partition coefficient (Wildman–Crippen LogP) is 1.20. The zero-order valence-corrected chi connectivity index (χ0v) is 11.2. The van der Waals surface area contributed by atoms with Crippen LogP contribution < -0.4 is 5.32 Å². The van der Waals surface area contributed by atoms with Gasteiger partial charge in [-0.05, 0) is 25.8 Å². The van der Waals surface area contributed by atoms with Crippen LogP contribution in [-0.2, 0) is 9.59 Å². The molecule has 1 rings (SSSR count). The van der Waals surface area contributed by atoms with Crippen LogP contribution in [0.4, 0.5) is 0 Å². The number of hydrogen-bond acceptors (Lipinski definition) is 3. The molecule has 4 heteroatoms. The Bertz CT molecular complexity index is 277. The molecule has 4 nitrogen and oxygen atoms in total. The van der Waals surface area contributed by atoms with Crippen molar-refractivity contribution in [3.8, 4) is 0 Å². The third-order valence-electron chi connectivity index (χ3n) is 3.15. The number of amides is 1. The number of nitrogens with zero attached hydrogens (tertiary/aromatic N) is 1. The van der Waals surface area contributed by atoms with Crippen molar-refractivity contribution in [3.05, 3.63) is 0 Å². The van der Waals surface area contributed by atoms with Crippen LogP contribution in [0.2, 0.25) is 0 Å². The molecule has 0 spiro atoms. The van der Waals surface area contributed by atoms with Crippen LogP contribution in [0.3, 0.4) is 0 Å². The van der Waals surface area contributed by atoms with Gasteiger partial charge in [-0.2, -0.15) is 0 Å². The smallest absolute Gasteiger partial charge is 0.234 e. The molecule has 1 aliphatic carbocycles. The fourth-order valence-electron chi connectivity index (χ4n) is 2.14. The number of hydrogen-bond donors (Lipinski definition) is 1. The molecule has 1 saturated carbocycles. The zero-order chi connectivity index (χ0) is 12.8. The highest BCUT2D eigenvalue weighted by Gasteiger charge is 2.26. The summed E-state index contributed by atoms with van der Waals surface area (Å²) >= 11 is 0. The van der Waals surface area contributed by atoms with Crippen LogP contribution in [0.15, 0.2) is 0 Å². The molecule has 1 atom stereocenters. The molecule has 1 aliphatic rings. The Morgan fingerprint density at radius 1 is 1.47 bits per heavy atom. The highest BCUT2D eigenvalue weighted by molar-refractivity contribution is 5.85. The summed E-state index contributed by atoms with van der Waals surface area (Å²) in [6, 6.07) is -0.0476. The van der Waals surface area contributed by atoms with Crippen molar-refractivity contribution in [3.63, 3.8) is 0 Å². The van der Waals surface area contributed by atoms with Gasteiger partial charge >= 0.3 is 0 Å². The number of nitrogens with one attached hydrogen (secondary N) is 1. The van der Waals surface area contributed by atoms with E-state index in [0.29, 0.717) is 25.4 Å². The minimum absolute atomic E-state index is 0.0135. The summed E-state index contributed by atoms with van der Waals surface area (Å²) in [7, 11) is 1.86. The summed E-state index contributed by atoms with van der Waals surface area (Å²) in [4.78, 5) is 25.2. The summed E-state index contributed by atoms with van der Waals surface area (Å²) < 4.78 is 0. The van der Waals surface area contributed by atoms with Crippen LogP contribution in [0, 0.1) is 5.92 Å². The van der Waals surface area contributed by atoms with Gasteiger partial charge in [0.15, 0.2) is 0 Å². The second-order valence-corrected chi connectivity index (χ2v) is 5.34. The Kier molecular flexibility index (Phi) is 5.62. The molecule has 1 unspecified atom stereocenters. The van der Waals surface area contributed by atoms with E-state index in [1.54, 1.807) is 0 Å². The molecule has 0 bridgehead atoms. The van der Waals surface area contributed by atoms with Crippen molar-refractivity contribution in [1.29, 1.82) is 0 Å². The van der Waals surface area contributed by atoms with E-state index in [1.807, 2.05) is 11.9 Å². The molecule has 0 radical (unpaired) electrons. The van der Waals surface area contributed by atoms with Gasteiger partial charge in [-0.25, -0.2) is 0 Å². The minimum Gasteiger partial charge on any atom is -0.355 e. The molecule has 1 fully saturated rings. The van der Waals surface area contributed by atoms with Crippen LogP contribution >= 0.6 is 0 Å². The third-order valence-corrected chi connectivity index (χ3v) is 3.15. The largest absolute Gasteiger partial charge is 0.355 e. The van der Waals surface area contributed by atoms with E-state index in [2.05, 4.69) is 19.2 Å². The van der Waals surface area contributed by atoms with Gasteiger partial charge in [-0.3, -0.25) is 14.5 Å². The van der Waals surface area contributed by atoms with Gasteiger partial charge < -0.3 is 5.32 Å². The monoisotopic (exact) mass is 240 g/mol. The van der Waals surface area contributed by atoms with Crippen molar-refractivity contribution in [2.45, 2.75) is 45.6 Å². The van der Waals surface area contributed by atoms with Gasteiger partial charge in [0.25, 0.3) is 0 Å². The molecule has 17 heavy (non-hydrogen) atoms. The van der Waals surface area contributed by atoms with Gasteiger partial charge in [0.05, 0.1) is 12.6 Å². The van der Waals surface area contributed by atoms with Gasteiger partial charge in [0.2, 0.25) is 5.91 Å². The summed E-state index contributed by atoms with van der Waals surface area (Å²) in [6.07, 6.45) is 3.66. The number of ketones is 1. The molecule has 0 aromatic rings. The van der Waals surface area contributed by atoms with E-state index in [4.69, 9.17) is 0 Å². The summed E-state index contributed by atoms with van der Waals surface area (Å²) in [5, 5.41) is 2.88. The summed E-state index contributed by atoms with van der Waals surface area (Å²) in [5.74, 6) is 0.760. The molecule has 0 aromatic heterocycles. The highest BCUT2D eigenvalue weighted by Crippen LogP contribution is 2.18. The maximum atomic E-state index is 11.7. The molecule has 1 amide bonds. The third kappa shape index (κ3) is 4.86. The van der Waals surface area contributed by atoms with Crippen LogP contribution in [0.5, 0.6) is 0 Å². The SMILES string of the molecule is CC(C)CNC(=O)CN(C)C1CCCCC1=O. The Labute approximate surface area is 104 Å². The van der Waals surface area contributed by atoms with Crippen LogP contribution in [0.1, 0.15) is 39.5 Å². The van der Waals surface area contributed by atoms with Crippen molar-refractivity contribution in [2.24, 2.45) is 5.92 Å². The predicted molar refractivity (Wildman–Crippen MR) is 67.7 cm³/mol. The Balaban J connectivity index is 2.34. The molecule has 98 valence electrons. The number of likely N-dealkylation sites (N-methyl/N-ethyl adjacent to an activating group) is 1. The van der Waals surface area contributed by atoms with Crippen LogP contribution in [-0.4, -0.2) is 42.8 Å². The molecule has 0 aliphatic heterocycles. The molecular formula is C13H24N2O2. The highest BCUT2D eigenvalue weighted by atomic mass is 16.2. The standard InChI is InChI=1S/C13H24N2O2/c1-10(2)8-14-13(17)9-15(3)11-6-4-5-7-12(11)16/h10-11H,4-9H2,1-3H3,(H,14,17). The first kappa shape index (κ1) is 14.2. The molecular weight excluding hydrogens is 216 g/mol. The van der Waals surface area contributed by atoms with E-state index in [1.165, 1.54) is 0 Å². The van der Waals surface area contributed by atoms with E-state index < -0.39 is 0 Å². The zero-order valence-electron chi connectivity index (χ0n) is 11.2. The van der Waals surface area contributed by atoms with Gasteiger partial charge in [-0.1, -0.05) is 20.3 Å². The lowest BCUT2D eigenvalue weighted by atomic mass is 9.93. The molecule has 0 saturated heterocycles. The first-order valence-electron chi connectivity index (χ1n) is 6.50. The second-order valence-electron chi connectivity index (χ2n) is 5.34. The average molecular weight is 240 g/mol. The van der Waals surface area contributed by atoms with Crippen molar-refractivity contribution in [1.82, 2.24) is 10.2 Å². The van der Waals surface area contributed by atoms with Crippen molar-refractivity contribution in [2.75, 3.05) is 20.1 Å². The number of rotatable bonds is 5. The quantitative estimate of drug-likeness (QED) is 0.785. The maximum absolute atomic E-state index is 11.7. The van der Waals surface area contributed by atoms with Gasteiger partial charge in [-0.15, -0.1) is 0 Å². The van der Waals surface area contributed by atoms with E-state index >= 15 is 0 Å². The van der Waals surface area contributed by atoms with Crippen molar-refractivity contribution >= 4 is 11.7 Å². The first-order chi connectivity index (χ1) is 8.00. The summed E-state index contributed by atoms with van der Waals surface area (Å²) in [6.45, 7) is 5.15. The van der Waals surface area contributed by atoms with E-state index in [9.17, 15) is 9.59 Å².